The molecule has 178 valence electrons. The van der Waals surface area contributed by atoms with Gasteiger partial charge in [-0.05, 0) is 42.0 Å². The van der Waals surface area contributed by atoms with Crippen molar-refractivity contribution in [1.82, 2.24) is 15.2 Å². The van der Waals surface area contributed by atoms with Gasteiger partial charge in [0.05, 0.1) is 25.3 Å². The Labute approximate surface area is 201 Å². The number of carbonyl (C=O) groups is 2. The molecule has 1 aromatic heterocycles. The lowest BCUT2D eigenvalue weighted by atomic mass is 10.1. The number of nitrogens with zero attached hydrogens (tertiary/aromatic N) is 2. The summed E-state index contributed by atoms with van der Waals surface area (Å²) in [6, 6.07) is 18.9. The topological polar surface area (TPSA) is 141 Å². The summed E-state index contributed by atoms with van der Waals surface area (Å²) < 4.78 is 16.4. The molecular formula is C25H23N5O5. The predicted octanol–water partition coefficient (Wildman–Crippen LogP) is 3.42. The minimum atomic E-state index is -0.577. The first-order chi connectivity index (χ1) is 17.0. The second-order valence-electron chi connectivity index (χ2n) is 7.38. The zero-order chi connectivity index (χ0) is 24.8. The van der Waals surface area contributed by atoms with E-state index in [0.29, 0.717) is 34.2 Å². The summed E-state index contributed by atoms with van der Waals surface area (Å²) in [5.74, 6) is 1.13. The fraction of sp³-hybridized carbons (Fsp3) is 0.120. The number of nitrogens with one attached hydrogen (secondary N) is 2. The molecule has 10 nitrogen and oxygen atoms in total. The van der Waals surface area contributed by atoms with Gasteiger partial charge in [-0.1, -0.05) is 24.3 Å². The first-order valence-corrected chi connectivity index (χ1v) is 10.5. The number of hydrogen-bond acceptors (Lipinski definition) is 7. The maximum absolute atomic E-state index is 12.8. The highest BCUT2D eigenvalue weighted by atomic mass is 16.5. The first-order valence-electron chi connectivity index (χ1n) is 10.5. The van der Waals surface area contributed by atoms with Gasteiger partial charge in [0.1, 0.15) is 23.9 Å². The molecule has 0 spiro atoms. The van der Waals surface area contributed by atoms with E-state index in [4.69, 9.17) is 19.9 Å². The van der Waals surface area contributed by atoms with Gasteiger partial charge in [-0.3, -0.25) is 20.0 Å². The molecule has 4 aromatic rings. The van der Waals surface area contributed by atoms with Crippen molar-refractivity contribution in [3.8, 4) is 28.6 Å². The first kappa shape index (κ1) is 23.3. The highest BCUT2D eigenvalue weighted by Gasteiger charge is 2.15. The zero-order valence-electron chi connectivity index (χ0n) is 19.1. The van der Waals surface area contributed by atoms with Gasteiger partial charge in [0, 0.05) is 11.6 Å². The van der Waals surface area contributed by atoms with E-state index in [1.807, 2.05) is 6.07 Å². The van der Waals surface area contributed by atoms with Crippen molar-refractivity contribution in [2.45, 2.75) is 6.61 Å². The largest absolute Gasteiger partial charge is 0.497 e. The van der Waals surface area contributed by atoms with Crippen LogP contribution in [-0.2, 0) is 6.61 Å². The fourth-order valence-electron chi connectivity index (χ4n) is 3.37. The number of anilines is 1. The summed E-state index contributed by atoms with van der Waals surface area (Å²) in [5.41, 5.74) is 7.46. The molecule has 0 fully saturated rings. The molecule has 0 aliphatic carbocycles. The number of para-hydroxylation sites is 1. The number of ether oxygens (including phenoxy) is 3. The van der Waals surface area contributed by atoms with Gasteiger partial charge in [-0.25, -0.2) is 0 Å². The quantitative estimate of drug-likeness (QED) is 0.338. The molecule has 1 heterocycles. The van der Waals surface area contributed by atoms with E-state index in [2.05, 4.69) is 20.5 Å². The fourth-order valence-corrected chi connectivity index (χ4v) is 3.37. The number of carbonyl (C=O) groups excluding carboxylic acids is 2. The molecular weight excluding hydrogens is 450 g/mol. The van der Waals surface area contributed by atoms with Crippen LogP contribution in [0.4, 0.5) is 5.95 Å². The lowest BCUT2D eigenvalue weighted by molar-refractivity contribution is 0.0994. The molecule has 0 saturated carbocycles. The van der Waals surface area contributed by atoms with Crippen LogP contribution in [0, 0.1) is 0 Å². The second-order valence-corrected chi connectivity index (χ2v) is 7.38. The molecule has 0 bridgehead atoms. The number of benzene rings is 3. The third-order valence-electron chi connectivity index (χ3n) is 5.11. The highest BCUT2D eigenvalue weighted by molar-refractivity contribution is 6.03. The van der Waals surface area contributed by atoms with Gasteiger partial charge < -0.3 is 19.9 Å². The highest BCUT2D eigenvalue weighted by Crippen LogP contribution is 2.31. The van der Waals surface area contributed by atoms with Crippen molar-refractivity contribution in [2.75, 3.05) is 19.5 Å². The normalized spacial score (nSPS) is 10.5. The summed E-state index contributed by atoms with van der Waals surface area (Å²) in [4.78, 5) is 28.7. The molecule has 4 rings (SSSR count). The number of hydrogen-bond donors (Lipinski definition) is 3. The van der Waals surface area contributed by atoms with Crippen molar-refractivity contribution in [2.24, 2.45) is 5.73 Å². The monoisotopic (exact) mass is 473 g/mol. The molecule has 0 atom stereocenters. The Morgan fingerprint density at radius 3 is 2.57 bits per heavy atom. The summed E-state index contributed by atoms with van der Waals surface area (Å²) in [6.07, 6.45) is 0. The van der Waals surface area contributed by atoms with Crippen LogP contribution >= 0.6 is 0 Å². The van der Waals surface area contributed by atoms with Crippen LogP contribution in [0.1, 0.15) is 26.3 Å². The number of methoxy groups -OCH3 is 2. The van der Waals surface area contributed by atoms with E-state index in [1.165, 1.54) is 0 Å². The SMILES string of the molecule is COc1ccc(-c2nc(NC(=O)c3cccc(COc4ccccc4C(N)=O)c3)n[nH]2)c(OC)c1. The van der Waals surface area contributed by atoms with Crippen LogP contribution in [0.15, 0.2) is 66.7 Å². The smallest absolute Gasteiger partial charge is 0.258 e. The standard InChI is InChI=1S/C25H23N5O5/c1-33-17-10-11-19(21(13-17)34-2)23-27-25(30-29-23)28-24(32)16-7-5-6-15(12-16)14-35-20-9-4-3-8-18(20)22(26)31/h3-13H,14H2,1-2H3,(H2,26,31)(H2,27,28,29,30,32). The average molecular weight is 473 g/mol. The Kier molecular flexibility index (Phi) is 6.91. The molecule has 0 aliphatic heterocycles. The number of H-pyrrole nitrogens is 1. The van der Waals surface area contributed by atoms with Crippen LogP contribution in [0.25, 0.3) is 11.4 Å². The van der Waals surface area contributed by atoms with E-state index < -0.39 is 11.8 Å². The van der Waals surface area contributed by atoms with Gasteiger partial charge >= 0.3 is 0 Å². The molecule has 2 amide bonds. The van der Waals surface area contributed by atoms with Gasteiger partial charge in [0.15, 0.2) is 5.82 Å². The number of amides is 2. The van der Waals surface area contributed by atoms with Gasteiger partial charge in [0.2, 0.25) is 5.95 Å². The van der Waals surface area contributed by atoms with E-state index in [1.54, 1.807) is 74.9 Å². The van der Waals surface area contributed by atoms with Gasteiger partial charge in [-0.15, -0.1) is 5.10 Å². The van der Waals surface area contributed by atoms with Gasteiger partial charge in [-0.2, -0.15) is 4.98 Å². The molecule has 35 heavy (non-hydrogen) atoms. The summed E-state index contributed by atoms with van der Waals surface area (Å²) in [6.45, 7) is 0.146. The maximum Gasteiger partial charge on any atom is 0.258 e. The Bertz CT molecular complexity index is 1370. The molecule has 0 unspecified atom stereocenters. The number of aromatic nitrogens is 3. The minimum Gasteiger partial charge on any atom is -0.497 e. The predicted molar refractivity (Wildman–Crippen MR) is 129 cm³/mol. The van der Waals surface area contributed by atoms with Crippen molar-refractivity contribution in [3.63, 3.8) is 0 Å². The summed E-state index contributed by atoms with van der Waals surface area (Å²) in [7, 11) is 3.11. The van der Waals surface area contributed by atoms with Crippen molar-refractivity contribution >= 4 is 17.8 Å². The Morgan fingerprint density at radius 2 is 1.80 bits per heavy atom. The maximum atomic E-state index is 12.8. The molecule has 4 N–H and O–H groups in total. The van der Waals surface area contributed by atoms with Crippen LogP contribution in [0.5, 0.6) is 17.2 Å². The number of aromatic amines is 1. The van der Waals surface area contributed by atoms with Crippen molar-refractivity contribution < 1.29 is 23.8 Å². The molecule has 10 heteroatoms. The van der Waals surface area contributed by atoms with Crippen LogP contribution in [0.2, 0.25) is 0 Å². The van der Waals surface area contributed by atoms with Crippen LogP contribution in [-0.4, -0.2) is 41.2 Å². The second kappa shape index (κ2) is 10.4. The minimum absolute atomic E-state index is 0.111. The molecule has 3 aromatic carbocycles. The molecule has 0 saturated heterocycles. The third-order valence-corrected chi connectivity index (χ3v) is 5.11. The van der Waals surface area contributed by atoms with Crippen LogP contribution in [0.3, 0.4) is 0 Å². The van der Waals surface area contributed by atoms with Gasteiger partial charge in [0.25, 0.3) is 11.8 Å². The average Bonchev–Trinajstić information content (AvgIpc) is 3.35. The van der Waals surface area contributed by atoms with E-state index >= 15 is 0 Å². The third kappa shape index (κ3) is 5.38. The van der Waals surface area contributed by atoms with Crippen LogP contribution < -0.4 is 25.3 Å². The van der Waals surface area contributed by atoms with Crippen molar-refractivity contribution in [1.29, 1.82) is 0 Å². The number of nitrogens with two attached hydrogens (primary N) is 1. The summed E-state index contributed by atoms with van der Waals surface area (Å²) >= 11 is 0. The Morgan fingerprint density at radius 1 is 0.971 bits per heavy atom. The molecule has 0 radical (unpaired) electrons. The summed E-state index contributed by atoms with van der Waals surface area (Å²) in [5, 5.41) is 9.55. The molecule has 0 aliphatic rings. The zero-order valence-corrected chi connectivity index (χ0v) is 19.1. The Hall–Kier alpha value is -4.86. The van der Waals surface area contributed by atoms with E-state index in [9.17, 15) is 9.59 Å². The lowest BCUT2D eigenvalue weighted by Gasteiger charge is -2.10. The van der Waals surface area contributed by atoms with E-state index in [0.717, 1.165) is 5.56 Å². The number of primary amides is 1. The number of rotatable bonds is 9. The lowest BCUT2D eigenvalue weighted by Crippen LogP contribution is -2.14. The van der Waals surface area contributed by atoms with E-state index in [-0.39, 0.29) is 18.1 Å². The van der Waals surface area contributed by atoms with Crippen molar-refractivity contribution in [3.05, 3.63) is 83.4 Å². The Balaban J connectivity index is 1.45.